The summed E-state index contributed by atoms with van der Waals surface area (Å²) >= 11 is 0. The minimum absolute atomic E-state index is 0.0606. The number of nitrogens with one attached hydrogen (secondary N) is 1. The molecule has 1 N–H and O–H groups in total. The third-order valence-corrected chi connectivity index (χ3v) is 5.21. The van der Waals surface area contributed by atoms with Gasteiger partial charge < -0.3 is 14.6 Å². The average Bonchev–Trinajstić information content (AvgIpc) is 3.18. The third-order valence-electron chi connectivity index (χ3n) is 5.21. The van der Waals surface area contributed by atoms with Crippen molar-refractivity contribution in [2.24, 2.45) is 0 Å². The maximum Gasteiger partial charge on any atom is 0.135 e. The molecule has 4 rings (SSSR count). The smallest absolute Gasteiger partial charge is 0.135 e. The fourth-order valence-corrected chi connectivity index (χ4v) is 3.56. The summed E-state index contributed by atoms with van der Waals surface area (Å²) in [6.45, 7) is 2.71. The Hall–Kier alpha value is -2.77. The van der Waals surface area contributed by atoms with Crippen LogP contribution in [0.2, 0.25) is 0 Å². The molecule has 1 saturated heterocycles. The number of halogens is 2. The minimum Gasteiger partial charge on any atom is -0.378 e. The Morgan fingerprint density at radius 2 is 1.97 bits per heavy atom. The number of benzene rings is 2. The summed E-state index contributed by atoms with van der Waals surface area (Å²) in [4.78, 5) is 12.0. The van der Waals surface area contributed by atoms with E-state index in [1.807, 2.05) is 14.1 Å². The van der Waals surface area contributed by atoms with Gasteiger partial charge in [0.15, 0.2) is 0 Å². The van der Waals surface area contributed by atoms with E-state index in [1.165, 1.54) is 17.7 Å². The second-order valence-corrected chi connectivity index (χ2v) is 7.43. The Morgan fingerprint density at radius 1 is 1.17 bits per heavy atom. The molecule has 0 aliphatic carbocycles. The Bertz CT molecular complexity index is 971. The number of nitrogens with zero attached hydrogens (tertiary/aromatic N) is 3. The molecule has 5 nitrogen and oxygen atoms in total. The van der Waals surface area contributed by atoms with Gasteiger partial charge >= 0.3 is 0 Å². The predicted octanol–water partition coefficient (Wildman–Crippen LogP) is 3.99. The van der Waals surface area contributed by atoms with Gasteiger partial charge in [0.1, 0.15) is 17.5 Å². The van der Waals surface area contributed by atoms with Crippen molar-refractivity contribution < 1.29 is 13.5 Å². The first-order chi connectivity index (χ1) is 14.0. The van der Waals surface area contributed by atoms with Crippen LogP contribution < -0.4 is 4.90 Å². The van der Waals surface area contributed by atoms with Gasteiger partial charge in [0.25, 0.3) is 0 Å². The van der Waals surface area contributed by atoms with Crippen LogP contribution in [-0.2, 0) is 11.3 Å². The second-order valence-electron chi connectivity index (χ2n) is 7.43. The van der Waals surface area contributed by atoms with E-state index in [-0.39, 0.29) is 6.04 Å². The lowest BCUT2D eigenvalue weighted by atomic mass is 10.1. The molecule has 7 heteroatoms. The van der Waals surface area contributed by atoms with Crippen LogP contribution in [0.25, 0.3) is 11.3 Å². The molecule has 0 amide bonds. The molecule has 0 spiro atoms. The number of H-pyrrole nitrogens is 1. The number of morpholine rings is 1. The molecule has 0 unspecified atom stereocenters. The average molecular weight is 398 g/mol. The minimum atomic E-state index is -0.613. The summed E-state index contributed by atoms with van der Waals surface area (Å²) in [6, 6.07) is 11.9. The predicted molar refractivity (Wildman–Crippen MR) is 109 cm³/mol. The van der Waals surface area contributed by atoms with Gasteiger partial charge in [-0.1, -0.05) is 12.1 Å². The Morgan fingerprint density at radius 3 is 2.69 bits per heavy atom. The lowest BCUT2D eigenvalue weighted by Crippen LogP contribution is -2.39. The normalized spacial score (nSPS) is 17.4. The van der Waals surface area contributed by atoms with Gasteiger partial charge in [-0.15, -0.1) is 0 Å². The van der Waals surface area contributed by atoms with Crippen LogP contribution in [0.4, 0.5) is 14.5 Å². The van der Waals surface area contributed by atoms with E-state index in [0.29, 0.717) is 30.3 Å². The third kappa shape index (κ3) is 4.31. The molecule has 29 heavy (non-hydrogen) atoms. The lowest BCUT2D eigenvalue weighted by Gasteiger charge is -2.34. The highest BCUT2D eigenvalue weighted by molar-refractivity contribution is 5.59. The van der Waals surface area contributed by atoms with Gasteiger partial charge in [0.05, 0.1) is 31.1 Å². The molecule has 0 bridgehead atoms. The summed E-state index contributed by atoms with van der Waals surface area (Å²) in [6.07, 6.45) is 1.59. The van der Waals surface area contributed by atoms with Crippen LogP contribution in [0.1, 0.15) is 17.4 Å². The Kier molecular flexibility index (Phi) is 5.60. The molecule has 1 atom stereocenters. The first kappa shape index (κ1) is 19.5. The quantitative estimate of drug-likeness (QED) is 0.706. The highest BCUT2D eigenvalue weighted by Crippen LogP contribution is 2.28. The van der Waals surface area contributed by atoms with E-state index >= 15 is 0 Å². The zero-order valence-corrected chi connectivity index (χ0v) is 16.5. The Labute approximate surface area is 168 Å². The highest BCUT2D eigenvalue weighted by Gasteiger charge is 2.27. The fraction of sp³-hybridized carbons (Fsp3) is 0.318. The second kappa shape index (κ2) is 8.31. The van der Waals surface area contributed by atoms with E-state index in [4.69, 9.17) is 4.74 Å². The van der Waals surface area contributed by atoms with Crippen molar-refractivity contribution in [3.63, 3.8) is 0 Å². The largest absolute Gasteiger partial charge is 0.378 e. The molecule has 2 aromatic carbocycles. The van der Waals surface area contributed by atoms with E-state index < -0.39 is 11.6 Å². The van der Waals surface area contributed by atoms with Gasteiger partial charge in [0.2, 0.25) is 0 Å². The van der Waals surface area contributed by atoms with Crippen LogP contribution in [0.5, 0.6) is 0 Å². The number of rotatable bonds is 5. The summed E-state index contributed by atoms with van der Waals surface area (Å²) < 4.78 is 33.0. The standard InChI is InChI=1S/C22H24F2N4O/c1-27(2)17-6-3-15(4-7-17)13-28-9-10-29-14-21(28)22-25-12-20(26-22)18-8-5-16(23)11-19(18)24/h3-8,11-12,21H,9-10,13-14H2,1-2H3,(H,25,26)/t21-/m0/s1. The topological polar surface area (TPSA) is 44.4 Å². The Balaban J connectivity index is 1.54. The van der Waals surface area contributed by atoms with Crippen molar-refractivity contribution in [3.8, 4) is 11.3 Å². The monoisotopic (exact) mass is 398 g/mol. The van der Waals surface area contributed by atoms with Crippen molar-refractivity contribution in [2.75, 3.05) is 38.8 Å². The maximum absolute atomic E-state index is 14.1. The molecular formula is C22H24F2N4O. The maximum atomic E-state index is 14.1. The highest BCUT2D eigenvalue weighted by atomic mass is 19.1. The molecule has 152 valence electrons. The molecular weight excluding hydrogens is 374 g/mol. The summed E-state index contributed by atoms with van der Waals surface area (Å²) in [5, 5.41) is 0. The first-order valence-corrected chi connectivity index (χ1v) is 9.59. The molecule has 1 aromatic heterocycles. The van der Waals surface area contributed by atoms with Crippen molar-refractivity contribution in [1.82, 2.24) is 14.9 Å². The first-order valence-electron chi connectivity index (χ1n) is 9.59. The van der Waals surface area contributed by atoms with Crippen molar-refractivity contribution in [3.05, 3.63) is 71.7 Å². The molecule has 0 radical (unpaired) electrons. The van der Waals surface area contributed by atoms with Crippen molar-refractivity contribution in [2.45, 2.75) is 12.6 Å². The van der Waals surface area contributed by atoms with Gasteiger partial charge in [-0.05, 0) is 29.8 Å². The van der Waals surface area contributed by atoms with Crippen LogP contribution in [0.3, 0.4) is 0 Å². The van der Waals surface area contributed by atoms with Gasteiger partial charge in [0, 0.05) is 44.5 Å². The van der Waals surface area contributed by atoms with E-state index in [9.17, 15) is 8.78 Å². The van der Waals surface area contributed by atoms with Gasteiger partial charge in [-0.3, -0.25) is 4.90 Å². The van der Waals surface area contributed by atoms with Crippen molar-refractivity contribution >= 4 is 5.69 Å². The number of hydrogen-bond acceptors (Lipinski definition) is 4. The number of aromatic nitrogens is 2. The van der Waals surface area contributed by atoms with Crippen LogP contribution in [0.15, 0.2) is 48.7 Å². The fourth-order valence-electron chi connectivity index (χ4n) is 3.56. The zero-order valence-electron chi connectivity index (χ0n) is 16.5. The van der Waals surface area contributed by atoms with Crippen LogP contribution in [-0.4, -0.2) is 48.7 Å². The van der Waals surface area contributed by atoms with Gasteiger partial charge in [-0.2, -0.15) is 0 Å². The van der Waals surface area contributed by atoms with Crippen LogP contribution in [0, 0.1) is 11.6 Å². The zero-order chi connectivity index (χ0) is 20.4. The number of ether oxygens (including phenoxy) is 1. The van der Waals surface area contributed by atoms with E-state index in [1.54, 1.807) is 6.20 Å². The number of aromatic amines is 1. The van der Waals surface area contributed by atoms with Crippen LogP contribution >= 0.6 is 0 Å². The van der Waals surface area contributed by atoms with E-state index in [0.717, 1.165) is 24.8 Å². The molecule has 0 saturated carbocycles. The van der Waals surface area contributed by atoms with E-state index in [2.05, 4.69) is 44.0 Å². The number of imidazole rings is 1. The SMILES string of the molecule is CN(C)c1ccc(CN2CCOC[C@H]2c2ncc(-c3ccc(F)cc3F)[nH]2)cc1. The van der Waals surface area contributed by atoms with Gasteiger partial charge in [-0.25, -0.2) is 13.8 Å². The van der Waals surface area contributed by atoms with Crippen molar-refractivity contribution in [1.29, 1.82) is 0 Å². The molecule has 1 aliphatic heterocycles. The number of anilines is 1. The summed E-state index contributed by atoms with van der Waals surface area (Å²) in [5.41, 5.74) is 3.19. The molecule has 2 heterocycles. The summed E-state index contributed by atoms with van der Waals surface area (Å²) in [7, 11) is 4.04. The molecule has 1 aliphatic rings. The lowest BCUT2D eigenvalue weighted by molar-refractivity contribution is -0.0156. The summed E-state index contributed by atoms with van der Waals surface area (Å²) in [5.74, 6) is -0.496. The number of hydrogen-bond donors (Lipinski definition) is 1. The molecule has 1 fully saturated rings. The molecule has 3 aromatic rings.